The molecular formula is C8H7ClF2O. The number of aliphatic hydroxyl groups is 1. The lowest BCUT2D eigenvalue weighted by Gasteiger charge is -2.06. The van der Waals surface area contributed by atoms with E-state index in [-0.39, 0.29) is 10.6 Å². The molecule has 0 heterocycles. The fraction of sp³-hybridized carbons (Fsp3) is 0.250. The topological polar surface area (TPSA) is 20.2 Å². The van der Waals surface area contributed by atoms with Gasteiger partial charge in [0.05, 0.1) is 6.10 Å². The molecule has 0 bridgehead atoms. The van der Waals surface area contributed by atoms with Crippen molar-refractivity contribution in [3.63, 3.8) is 0 Å². The Morgan fingerprint density at radius 3 is 2.33 bits per heavy atom. The third kappa shape index (κ3) is 1.73. The average Bonchev–Trinajstić information content (AvgIpc) is 1.96. The molecule has 0 spiro atoms. The smallest absolute Gasteiger partial charge is 0.160 e. The van der Waals surface area contributed by atoms with E-state index in [9.17, 15) is 8.78 Å². The molecule has 1 nitrogen and oxygen atoms in total. The van der Waals surface area contributed by atoms with Gasteiger partial charge in [-0.2, -0.15) is 0 Å². The minimum absolute atomic E-state index is 0.0314. The van der Waals surface area contributed by atoms with Gasteiger partial charge in [0, 0.05) is 10.6 Å². The molecule has 0 aromatic heterocycles. The van der Waals surface area contributed by atoms with Crippen LogP contribution >= 0.6 is 11.6 Å². The summed E-state index contributed by atoms with van der Waals surface area (Å²) in [7, 11) is 0. The van der Waals surface area contributed by atoms with Crippen LogP contribution < -0.4 is 0 Å². The highest BCUT2D eigenvalue weighted by atomic mass is 35.5. The number of rotatable bonds is 1. The van der Waals surface area contributed by atoms with Crippen molar-refractivity contribution < 1.29 is 13.9 Å². The van der Waals surface area contributed by atoms with Gasteiger partial charge in [-0.3, -0.25) is 0 Å². The summed E-state index contributed by atoms with van der Waals surface area (Å²) in [5.74, 6) is -2.01. The quantitative estimate of drug-likeness (QED) is 0.679. The lowest BCUT2D eigenvalue weighted by Crippen LogP contribution is -1.95. The molecule has 0 aliphatic heterocycles. The zero-order valence-electron chi connectivity index (χ0n) is 6.31. The van der Waals surface area contributed by atoms with Crippen molar-refractivity contribution in [1.82, 2.24) is 0 Å². The van der Waals surface area contributed by atoms with Crippen LogP contribution in [0.3, 0.4) is 0 Å². The highest BCUT2D eigenvalue weighted by Crippen LogP contribution is 2.25. The predicted molar refractivity (Wildman–Crippen MR) is 42.0 cm³/mol. The van der Waals surface area contributed by atoms with Crippen molar-refractivity contribution >= 4 is 11.6 Å². The maximum Gasteiger partial charge on any atom is 0.160 e. The second-order valence-corrected chi connectivity index (χ2v) is 2.87. The van der Waals surface area contributed by atoms with E-state index in [0.717, 1.165) is 12.1 Å². The zero-order valence-corrected chi connectivity index (χ0v) is 7.07. The lowest BCUT2D eigenvalue weighted by atomic mass is 10.1. The van der Waals surface area contributed by atoms with Gasteiger partial charge in [0.15, 0.2) is 11.6 Å². The second kappa shape index (κ2) is 3.37. The van der Waals surface area contributed by atoms with Crippen molar-refractivity contribution in [2.75, 3.05) is 0 Å². The first-order valence-electron chi connectivity index (χ1n) is 3.35. The molecule has 0 saturated carbocycles. The minimum atomic E-state index is -1.01. The van der Waals surface area contributed by atoms with Crippen molar-refractivity contribution in [3.05, 3.63) is 34.4 Å². The van der Waals surface area contributed by atoms with E-state index in [1.807, 2.05) is 0 Å². The van der Waals surface area contributed by atoms with Crippen LogP contribution in [0.25, 0.3) is 0 Å². The maximum absolute atomic E-state index is 12.6. The Morgan fingerprint density at radius 1 is 1.33 bits per heavy atom. The molecule has 4 heteroatoms. The van der Waals surface area contributed by atoms with E-state index in [1.165, 1.54) is 6.92 Å². The van der Waals surface area contributed by atoms with Crippen LogP contribution in [0.5, 0.6) is 0 Å². The van der Waals surface area contributed by atoms with Crippen molar-refractivity contribution in [2.24, 2.45) is 0 Å². The van der Waals surface area contributed by atoms with Gasteiger partial charge >= 0.3 is 0 Å². The Labute approximate surface area is 73.6 Å². The standard InChI is InChI=1S/C8H7ClF2O/c1-4(12)5-2-7(10)8(11)3-6(5)9/h2-4,12H,1H3/t4-/m0/s1. The first-order valence-corrected chi connectivity index (χ1v) is 3.72. The molecule has 1 rings (SSSR count). The van der Waals surface area contributed by atoms with Gasteiger partial charge in [0.2, 0.25) is 0 Å². The number of benzene rings is 1. The summed E-state index contributed by atoms with van der Waals surface area (Å²) in [5, 5.41) is 9.08. The van der Waals surface area contributed by atoms with Crippen LogP contribution in [0.4, 0.5) is 8.78 Å². The molecule has 1 N–H and O–H groups in total. The van der Waals surface area contributed by atoms with Gasteiger partial charge in [-0.1, -0.05) is 11.6 Å². The third-order valence-corrected chi connectivity index (χ3v) is 1.82. The molecule has 0 aliphatic carbocycles. The highest BCUT2D eigenvalue weighted by Gasteiger charge is 2.11. The highest BCUT2D eigenvalue weighted by molar-refractivity contribution is 6.31. The number of halogens is 3. The molecule has 0 unspecified atom stereocenters. The summed E-state index contributed by atoms with van der Waals surface area (Å²) in [4.78, 5) is 0. The van der Waals surface area contributed by atoms with Crippen LogP contribution in [0.15, 0.2) is 12.1 Å². The van der Waals surface area contributed by atoms with E-state index < -0.39 is 17.7 Å². The Bertz CT molecular complexity index is 299. The van der Waals surface area contributed by atoms with Crippen LogP contribution in [0.1, 0.15) is 18.6 Å². The maximum atomic E-state index is 12.6. The number of hydrogen-bond acceptors (Lipinski definition) is 1. The van der Waals surface area contributed by atoms with Gasteiger partial charge in [-0.25, -0.2) is 8.78 Å². The van der Waals surface area contributed by atoms with Crippen molar-refractivity contribution in [2.45, 2.75) is 13.0 Å². The SMILES string of the molecule is C[C@H](O)c1cc(F)c(F)cc1Cl. The lowest BCUT2D eigenvalue weighted by molar-refractivity contribution is 0.198. The fourth-order valence-electron chi connectivity index (χ4n) is 0.858. The summed E-state index contributed by atoms with van der Waals surface area (Å²) in [6, 6.07) is 1.74. The molecule has 0 fully saturated rings. The third-order valence-electron chi connectivity index (χ3n) is 1.49. The Kier molecular flexibility index (Phi) is 2.65. The molecule has 1 atom stereocenters. The van der Waals surface area contributed by atoms with E-state index >= 15 is 0 Å². The Hall–Kier alpha value is -0.670. The molecule has 0 amide bonds. The average molecular weight is 193 g/mol. The minimum Gasteiger partial charge on any atom is -0.389 e. The molecule has 0 radical (unpaired) electrons. The summed E-state index contributed by atoms with van der Waals surface area (Å²) < 4.78 is 25.1. The fourth-order valence-corrected chi connectivity index (χ4v) is 1.17. The van der Waals surface area contributed by atoms with Crippen molar-refractivity contribution in [3.8, 4) is 0 Å². The van der Waals surface area contributed by atoms with Gasteiger partial charge < -0.3 is 5.11 Å². The van der Waals surface area contributed by atoms with Crippen LogP contribution in [-0.4, -0.2) is 5.11 Å². The molecule has 0 aliphatic rings. The predicted octanol–water partition coefficient (Wildman–Crippen LogP) is 2.67. The van der Waals surface area contributed by atoms with Crippen LogP contribution in [-0.2, 0) is 0 Å². The molecule has 12 heavy (non-hydrogen) atoms. The van der Waals surface area contributed by atoms with Crippen LogP contribution in [0.2, 0.25) is 5.02 Å². The summed E-state index contributed by atoms with van der Waals surface area (Å²) in [6.45, 7) is 1.43. The second-order valence-electron chi connectivity index (χ2n) is 2.46. The number of aliphatic hydroxyl groups excluding tert-OH is 1. The molecule has 1 aromatic carbocycles. The first kappa shape index (κ1) is 9.42. The molecule has 1 aromatic rings. The Balaban J connectivity index is 3.23. The monoisotopic (exact) mass is 192 g/mol. The van der Waals surface area contributed by atoms with Crippen molar-refractivity contribution in [1.29, 1.82) is 0 Å². The van der Waals surface area contributed by atoms with Gasteiger partial charge in [0.1, 0.15) is 0 Å². The first-order chi connectivity index (χ1) is 5.52. The van der Waals surface area contributed by atoms with Crippen LogP contribution in [0, 0.1) is 11.6 Å². The molecular weight excluding hydrogens is 186 g/mol. The summed E-state index contributed by atoms with van der Waals surface area (Å²) in [6.07, 6.45) is -0.896. The van der Waals surface area contributed by atoms with E-state index in [2.05, 4.69) is 0 Å². The van der Waals surface area contributed by atoms with E-state index in [0.29, 0.717) is 0 Å². The van der Waals surface area contributed by atoms with E-state index in [1.54, 1.807) is 0 Å². The van der Waals surface area contributed by atoms with E-state index in [4.69, 9.17) is 16.7 Å². The summed E-state index contributed by atoms with van der Waals surface area (Å²) in [5.41, 5.74) is 0.190. The largest absolute Gasteiger partial charge is 0.389 e. The number of hydrogen-bond donors (Lipinski definition) is 1. The Morgan fingerprint density at radius 2 is 1.83 bits per heavy atom. The van der Waals surface area contributed by atoms with Gasteiger partial charge in [0.25, 0.3) is 0 Å². The van der Waals surface area contributed by atoms with Gasteiger partial charge in [-0.05, 0) is 19.1 Å². The van der Waals surface area contributed by atoms with Gasteiger partial charge in [-0.15, -0.1) is 0 Å². The molecule has 66 valence electrons. The molecule has 0 saturated heterocycles. The normalized spacial score (nSPS) is 13.1. The zero-order chi connectivity index (χ0) is 9.30. The summed E-state index contributed by atoms with van der Waals surface area (Å²) >= 11 is 5.53.